The van der Waals surface area contributed by atoms with Crippen molar-refractivity contribution in [1.29, 1.82) is 0 Å². The van der Waals surface area contributed by atoms with Gasteiger partial charge >= 0.3 is 5.97 Å². The summed E-state index contributed by atoms with van der Waals surface area (Å²) in [6.07, 6.45) is 1.73. The molecule has 1 aromatic rings. The molecule has 1 aliphatic rings. The van der Waals surface area contributed by atoms with Gasteiger partial charge in [0.15, 0.2) is 0 Å². The lowest BCUT2D eigenvalue weighted by atomic mass is 10.1. The van der Waals surface area contributed by atoms with Crippen LogP contribution in [0.2, 0.25) is 0 Å². The van der Waals surface area contributed by atoms with Crippen LogP contribution in [0.25, 0.3) is 0 Å². The molecule has 0 aromatic heterocycles. The van der Waals surface area contributed by atoms with Crippen LogP contribution in [0.1, 0.15) is 29.6 Å². The van der Waals surface area contributed by atoms with E-state index in [4.69, 9.17) is 15.6 Å². The first-order valence-electron chi connectivity index (χ1n) is 6.48. The number of anilines is 1. The Labute approximate surface area is 116 Å². The number of benzene rings is 1. The third kappa shape index (κ3) is 3.01. The number of hydrogen-bond donors (Lipinski definition) is 3. The number of nitrogens with one attached hydrogen (secondary N) is 1. The van der Waals surface area contributed by atoms with Crippen LogP contribution in [0, 0.1) is 5.92 Å². The fraction of sp³-hybridized carbons (Fsp3) is 0.429. The predicted octanol–water partition coefficient (Wildman–Crippen LogP) is 1.26. The third-order valence-electron chi connectivity index (χ3n) is 3.62. The lowest BCUT2D eigenvalue weighted by molar-refractivity contribution is -0.141. The molecule has 0 saturated heterocycles. The first-order chi connectivity index (χ1) is 9.51. The highest BCUT2D eigenvalue weighted by molar-refractivity contribution is 5.99. The van der Waals surface area contributed by atoms with Crippen LogP contribution in [0.15, 0.2) is 18.2 Å². The maximum absolute atomic E-state index is 12.2. The van der Waals surface area contributed by atoms with E-state index in [2.05, 4.69) is 5.32 Å². The molecule has 1 saturated carbocycles. The van der Waals surface area contributed by atoms with E-state index in [9.17, 15) is 9.59 Å². The molecular formula is C14H18N2O4. The Balaban J connectivity index is 2.04. The van der Waals surface area contributed by atoms with Crippen LogP contribution >= 0.6 is 0 Å². The summed E-state index contributed by atoms with van der Waals surface area (Å²) in [6.45, 7) is 0. The standard InChI is InChI=1S/C14H18N2O4/c1-20-10-4-5-12(15)11(7-10)13(17)16-9-3-2-8(6-9)14(18)19/h4-5,7-9H,2-3,6,15H2,1H3,(H,16,17)(H,18,19)/t8-,9+/m1/s1. The molecule has 2 atom stereocenters. The second kappa shape index (κ2) is 5.81. The van der Waals surface area contributed by atoms with Gasteiger partial charge < -0.3 is 20.9 Å². The van der Waals surface area contributed by atoms with Crippen LogP contribution in [-0.2, 0) is 4.79 Å². The Hall–Kier alpha value is -2.24. The van der Waals surface area contributed by atoms with Crippen molar-refractivity contribution in [3.63, 3.8) is 0 Å². The summed E-state index contributed by atoms with van der Waals surface area (Å²) in [5.41, 5.74) is 6.51. The minimum atomic E-state index is -0.803. The molecule has 2 rings (SSSR count). The van der Waals surface area contributed by atoms with Gasteiger partial charge in [0.2, 0.25) is 0 Å². The van der Waals surface area contributed by atoms with Gasteiger partial charge in [-0.1, -0.05) is 0 Å². The van der Waals surface area contributed by atoms with Gasteiger partial charge in [-0.25, -0.2) is 0 Å². The van der Waals surface area contributed by atoms with E-state index in [1.807, 2.05) is 0 Å². The SMILES string of the molecule is COc1ccc(N)c(C(=O)N[C@H]2CC[C@@H](C(=O)O)C2)c1. The van der Waals surface area contributed by atoms with Gasteiger partial charge in [-0.2, -0.15) is 0 Å². The molecule has 6 heteroatoms. The van der Waals surface area contributed by atoms with Crippen molar-refractivity contribution in [3.8, 4) is 5.75 Å². The highest BCUT2D eigenvalue weighted by Crippen LogP contribution is 2.26. The van der Waals surface area contributed by atoms with Crippen LogP contribution in [0.3, 0.4) is 0 Å². The fourth-order valence-electron chi connectivity index (χ4n) is 2.46. The molecule has 0 unspecified atom stereocenters. The summed E-state index contributed by atoms with van der Waals surface area (Å²) in [5, 5.41) is 11.8. The predicted molar refractivity (Wildman–Crippen MR) is 73.6 cm³/mol. The number of hydrogen-bond acceptors (Lipinski definition) is 4. The number of carbonyl (C=O) groups excluding carboxylic acids is 1. The smallest absolute Gasteiger partial charge is 0.306 e. The molecule has 20 heavy (non-hydrogen) atoms. The number of carboxylic acid groups (broad SMARTS) is 1. The van der Waals surface area contributed by atoms with Crippen LogP contribution in [0.4, 0.5) is 5.69 Å². The third-order valence-corrected chi connectivity index (χ3v) is 3.62. The molecule has 1 amide bonds. The number of methoxy groups -OCH3 is 1. The van der Waals surface area contributed by atoms with E-state index in [0.29, 0.717) is 36.3 Å². The molecule has 4 N–H and O–H groups in total. The first-order valence-corrected chi connectivity index (χ1v) is 6.48. The summed E-state index contributed by atoms with van der Waals surface area (Å²) in [6, 6.07) is 4.76. The lowest BCUT2D eigenvalue weighted by Crippen LogP contribution is -2.33. The van der Waals surface area contributed by atoms with Gasteiger partial charge in [0.25, 0.3) is 5.91 Å². The Morgan fingerprint density at radius 1 is 1.40 bits per heavy atom. The molecule has 0 heterocycles. The van der Waals surface area contributed by atoms with E-state index in [1.165, 1.54) is 7.11 Å². The largest absolute Gasteiger partial charge is 0.497 e. The van der Waals surface area contributed by atoms with Gasteiger partial charge in [-0.05, 0) is 37.5 Å². The molecule has 1 aromatic carbocycles. The van der Waals surface area contributed by atoms with Crippen molar-refractivity contribution in [3.05, 3.63) is 23.8 Å². The number of ether oxygens (including phenoxy) is 1. The van der Waals surface area contributed by atoms with Crippen molar-refractivity contribution >= 4 is 17.6 Å². The first kappa shape index (κ1) is 14.2. The molecular weight excluding hydrogens is 260 g/mol. The van der Waals surface area contributed by atoms with Gasteiger partial charge in [0.1, 0.15) is 5.75 Å². The zero-order chi connectivity index (χ0) is 14.7. The number of carboxylic acids is 1. The van der Waals surface area contributed by atoms with Crippen molar-refractivity contribution in [2.45, 2.75) is 25.3 Å². The molecule has 6 nitrogen and oxygen atoms in total. The monoisotopic (exact) mass is 278 g/mol. The summed E-state index contributed by atoms with van der Waals surface area (Å²) >= 11 is 0. The molecule has 0 radical (unpaired) electrons. The zero-order valence-electron chi connectivity index (χ0n) is 11.3. The quantitative estimate of drug-likeness (QED) is 0.720. The van der Waals surface area contributed by atoms with Crippen molar-refractivity contribution in [2.75, 3.05) is 12.8 Å². The highest BCUT2D eigenvalue weighted by Gasteiger charge is 2.30. The maximum Gasteiger partial charge on any atom is 0.306 e. The Morgan fingerprint density at radius 3 is 2.75 bits per heavy atom. The fourth-order valence-corrected chi connectivity index (χ4v) is 2.46. The second-order valence-electron chi connectivity index (χ2n) is 4.97. The van der Waals surface area contributed by atoms with Gasteiger partial charge in [-0.3, -0.25) is 9.59 Å². The van der Waals surface area contributed by atoms with E-state index >= 15 is 0 Å². The molecule has 1 fully saturated rings. The van der Waals surface area contributed by atoms with E-state index in [0.717, 1.165) is 0 Å². The normalized spacial score (nSPS) is 21.4. The van der Waals surface area contributed by atoms with Crippen molar-refractivity contribution in [2.24, 2.45) is 5.92 Å². The summed E-state index contributed by atoms with van der Waals surface area (Å²) in [5.74, 6) is -0.915. The number of carbonyl (C=O) groups is 2. The summed E-state index contributed by atoms with van der Waals surface area (Å²) in [7, 11) is 1.52. The maximum atomic E-state index is 12.2. The average molecular weight is 278 g/mol. The van der Waals surface area contributed by atoms with Crippen molar-refractivity contribution < 1.29 is 19.4 Å². The molecule has 108 valence electrons. The summed E-state index contributed by atoms with van der Waals surface area (Å²) < 4.78 is 5.07. The lowest BCUT2D eigenvalue weighted by Gasteiger charge is -2.14. The number of amides is 1. The molecule has 0 aliphatic heterocycles. The zero-order valence-corrected chi connectivity index (χ0v) is 11.3. The van der Waals surface area contributed by atoms with E-state index in [-0.39, 0.29) is 17.9 Å². The molecule has 1 aliphatic carbocycles. The van der Waals surface area contributed by atoms with E-state index < -0.39 is 5.97 Å². The Kier molecular flexibility index (Phi) is 4.12. The van der Waals surface area contributed by atoms with Gasteiger partial charge in [0.05, 0.1) is 18.6 Å². The summed E-state index contributed by atoms with van der Waals surface area (Å²) in [4.78, 5) is 23.1. The van der Waals surface area contributed by atoms with Crippen LogP contribution in [-0.4, -0.2) is 30.1 Å². The number of nitrogens with two attached hydrogens (primary N) is 1. The van der Waals surface area contributed by atoms with Crippen LogP contribution in [0.5, 0.6) is 5.75 Å². The highest BCUT2D eigenvalue weighted by atomic mass is 16.5. The Bertz CT molecular complexity index is 530. The second-order valence-corrected chi connectivity index (χ2v) is 4.97. The number of aliphatic carboxylic acids is 1. The van der Waals surface area contributed by atoms with Gasteiger partial charge in [0, 0.05) is 11.7 Å². The topological polar surface area (TPSA) is 102 Å². The average Bonchev–Trinajstić information content (AvgIpc) is 2.88. The van der Waals surface area contributed by atoms with E-state index in [1.54, 1.807) is 18.2 Å². The minimum absolute atomic E-state index is 0.116. The molecule has 0 bridgehead atoms. The number of rotatable bonds is 4. The molecule has 0 spiro atoms. The van der Waals surface area contributed by atoms with Crippen LogP contribution < -0.4 is 15.8 Å². The van der Waals surface area contributed by atoms with Gasteiger partial charge in [-0.15, -0.1) is 0 Å². The van der Waals surface area contributed by atoms with Crippen molar-refractivity contribution in [1.82, 2.24) is 5.32 Å². The number of nitrogen functional groups attached to an aromatic ring is 1. The minimum Gasteiger partial charge on any atom is -0.497 e. The Morgan fingerprint density at radius 2 is 2.15 bits per heavy atom.